The van der Waals surface area contributed by atoms with E-state index in [1.54, 1.807) is 21.3 Å². The first kappa shape index (κ1) is 18.1. The Hall–Kier alpha value is 0.0169. The Morgan fingerprint density at radius 1 is 1.05 bits per heavy atom. The molecular weight excluding hydrogens is 274 g/mol. The highest BCUT2D eigenvalue weighted by Crippen LogP contribution is 2.17. The fourth-order valence-corrected chi connectivity index (χ4v) is 3.16. The van der Waals surface area contributed by atoms with Gasteiger partial charge >= 0.3 is 5.97 Å². The zero-order chi connectivity index (χ0) is 14.7. The van der Waals surface area contributed by atoms with Crippen molar-refractivity contribution in [3.63, 3.8) is 0 Å². The molecule has 5 nitrogen and oxygen atoms in total. The molecule has 0 saturated heterocycles. The zero-order valence-electron chi connectivity index (χ0n) is 13.1. The lowest BCUT2D eigenvalue weighted by Gasteiger charge is -2.28. The van der Waals surface area contributed by atoms with Crippen LogP contribution >= 0.6 is 0 Å². The van der Waals surface area contributed by atoms with Gasteiger partial charge in [0.1, 0.15) is 6.61 Å². The van der Waals surface area contributed by atoms with E-state index in [4.69, 9.17) is 18.6 Å². The molecule has 1 aliphatic carbocycles. The molecule has 0 aromatic heterocycles. The van der Waals surface area contributed by atoms with Crippen molar-refractivity contribution in [2.24, 2.45) is 0 Å². The molecule has 0 aromatic rings. The van der Waals surface area contributed by atoms with Gasteiger partial charge in [-0.2, -0.15) is 0 Å². The van der Waals surface area contributed by atoms with Crippen molar-refractivity contribution in [3.8, 4) is 0 Å². The summed E-state index contributed by atoms with van der Waals surface area (Å²) in [5.41, 5.74) is 0. The molecule has 1 aliphatic rings. The Bertz CT molecular complexity index is 225. The molecule has 0 aromatic carbocycles. The van der Waals surface area contributed by atoms with Crippen molar-refractivity contribution >= 4 is 9.76 Å². The van der Waals surface area contributed by atoms with E-state index in [2.05, 4.69) is 5.32 Å². The molecular formula is C14H29NO4Si. The van der Waals surface area contributed by atoms with Gasteiger partial charge in [-0.05, 0) is 31.9 Å². The number of methoxy groups -OCH3 is 3. The molecule has 1 N–H and O–H groups in total. The molecule has 1 rings (SSSR count). The summed E-state index contributed by atoms with van der Waals surface area (Å²) >= 11 is 0. The van der Waals surface area contributed by atoms with Crippen LogP contribution in [0.1, 0.15) is 38.5 Å². The summed E-state index contributed by atoms with van der Waals surface area (Å²) in [5, 5.41) is 3.64. The van der Waals surface area contributed by atoms with Crippen molar-refractivity contribution in [2.75, 3.05) is 34.5 Å². The average Bonchev–Trinajstić information content (AvgIpc) is 2.52. The van der Waals surface area contributed by atoms with Gasteiger partial charge in [-0.1, -0.05) is 19.3 Å². The van der Waals surface area contributed by atoms with E-state index >= 15 is 0 Å². The van der Waals surface area contributed by atoms with Crippen molar-refractivity contribution in [3.05, 3.63) is 0 Å². The van der Waals surface area contributed by atoms with Crippen LogP contribution in [0.3, 0.4) is 0 Å². The molecule has 0 unspecified atom stereocenters. The molecule has 2 radical (unpaired) electrons. The molecule has 0 atom stereocenters. The van der Waals surface area contributed by atoms with Crippen LogP contribution < -0.4 is 5.32 Å². The molecule has 1 fully saturated rings. The third-order valence-electron chi connectivity index (χ3n) is 3.78. The summed E-state index contributed by atoms with van der Waals surface area (Å²) in [6.45, 7) is 1.38. The minimum absolute atomic E-state index is 0.297. The van der Waals surface area contributed by atoms with Crippen LogP contribution in [0.25, 0.3) is 0 Å². The summed E-state index contributed by atoms with van der Waals surface area (Å²) in [4.78, 5) is 0. The normalized spacial score (nSPS) is 17.6. The van der Waals surface area contributed by atoms with Crippen LogP contribution in [-0.2, 0) is 18.6 Å². The Morgan fingerprint density at radius 3 is 2.30 bits per heavy atom. The molecule has 1 saturated carbocycles. The smallest absolute Gasteiger partial charge is 0.305 e. The fourth-order valence-electron chi connectivity index (χ4n) is 2.41. The standard InChI is InChI=1S/C14H29NO4Si/c1-16-14(17-2,18-3)12-19-20-11-7-10-15-13-8-5-4-6-9-13/h13,15H,4-12H2,1-3H3. The van der Waals surface area contributed by atoms with Crippen LogP contribution in [0.15, 0.2) is 0 Å². The number of ether oxygens (including phenoxy) is 3. The average molecular weight is 303 g/mol. The van der Waals surface area contributed by atoms with Crippen molar-refractivity contribution in [1.29, 1.82) is 0 Å². The molecule has 0 aliphatic heterocycles. The lowest BCUT2D eigenvalue weighted by Crippen LogP contribution is -2.41. The molecule has 0 heterocycles. The minimum Gasteiger partial charge on any atom is -0.409 e. The molecule has 20 heavy (non-hydrogen) atoms. The predicted molar refractivity (Wildman–Crippen MR) is 79.8 cm³/mol. The van der Waals surface area contributed by atoms with E-state index in [1.807, 2.05) is 0 Å². The minimum atomic E-state index is -1.06. The maximum atomic E-state index is 5.59. The van der Waals surface area contributed by atoms with Gasteiger partial charge in [0.05, 0.1) is 0 Å². The van der Waals surface area contributed by atoms with Gasteiger partial charge in [-0.25, -0.2) is 0 Å². The lowest BCUT2D eigenvalue weighted by molar-refractivity contribution is -0.361. The monoisotopic (exact) mass is 303 g/mol. The molecule has 0 amide bonds. The second-order valence-corrected chi connectivity index (χ2v) is 6.20. The SMILES string of the molecule is COC(CO[Si]CCCNC1CCCCC1)(OC)OC. The third-order valence-corrected chi connectivity index (χ3v) is 4.68. The van der Waals surface area contributed by atoms with E-state index in [9.17, 15) is 0 Å². The van der Waals surface area contributed by atoms with Gasteiger partial charge in [0.25, 0.3) is 0 Å². The number of hydrogen-bond acceptors (Lipinski definition) is 5. The summed E-state index contributed by atoms with van der Waals surface area (Å²) in [6, 6.07) is 1.81. The van der Waals surface area contributed by atoms with E-state index in [1.165, 1.54) is 32.1 Å². The maximum absolute atomic E-state index is 5.59. The Balaban J connectivity index is 1.96. The molecule has 118 valence electrons. The number of hydrogen-bond donors (Lipinski definition) is 1. The van der Waals surface area contributed by atoms with E-state index < -0.39 is 5.97 Å². The van der Waals surface area contributed by atoms with Gasteiger partial charge in [-0.3, -0.25) is 0 Å². The quantitative estimate of drug-likeness (QED) is 0.359. The van der Waals surface area contributed by atoms with Crippen LogP contribution in [0, 0.1) is 0 Å². The first-order valence-electron chi connectivity index (χ1n) is 7.50. The highest BCUT2D eigenvalue weighted by molar-refractivity contribution is 6.27. The van der Waals surface area contributed by atoms with Gasteiger partial charge in [0.2, 0.25) is 9.76 Å². The second kappa shape index (κ2) is 10.7. The Labute approximate surface area is 125 Å². The number of rotatable bonds is 11. The first-order valence-corrected chi connectivity index (χ1v) is 8.61. The van der Waals surface area contributed by atoms with Crippen molar-refractivity contribution < 1.29 is 18.6 Å². The fraction of sp³-hybridized carbons (Fsp3) is 1.00. The summed E-state index contributed by atoms with van der Waals surface area (Å²) in [7, 11) is 5.10. The van der Waals surface area contributed by atoms with Gasteiger partial charge in [-0.15, -0.1) is 0 Å². The van der Waals surface area contributed by atoms with Crippen molar-refractivity contribution in [1.82, 2.24) is 5.32 Å². The summed E-state index contributed by atoms with van der Waals surface area (Å²) in [5.74, 6) is -1.06. The van der Waals surface area contributed by atoms with Crippen LogP contribution in [-0.4, -0.2) is 56.3 Å². The topological polar surface area (TPSA) is 49.0 Å². The maximum Gasteiger partial charge on any atom is 0.305 e. The van der Waals surface area contributed by atoms with Crippen molar-refractivity contribution in [2.45, 2.75) is 56.6 Å². The molecule has 0 bridgehead atoms. The summed E-state index contributed by atoms with van der Waals surface area (Å²) in [6.07, 6.45) is 8.02. The van der Waals surface area contributed by atoms with Gasteiger partial charge in [0, 0.05) is 27.4 Å². The second-order valence-electron chi connectivity index (χ2n) is 5.12. The van der Waals surface area contributed by atoms with Crippen LogP contribution in [0.5, 0.6) is 0 Å². The molecule has 0 spiro atoms. The number of nitrogens with one attached hydrogen (secondary N) is 1. The lowest BCUT2D eigenvalue weighted by atomic mass is 9.95. The van der Waals surface area contributed by atoms with E-state index in [-0.39, 0.29) is 0 Å². The first-order chi connectivity index (χ1) is 9.76. The van der Waals surface area contributed by atoms with E-state index in [0.717, 1.165) is 25.1 Å². The third kappa shape index (κ3) is 6.65. The highest BCUT2D eigenvalue weighted by Gasteiger charge is 2.29. The largest absolute Gasteiger partial charge is 0.409 e. The molecule has 6 heteroatoms. The highest BCUT2D eigenvalue weighted by atomic mass is 28.2. The Morgan fingerprint density at radius 2 is 1.70 bits per heavy atom. The zero-order valence-corrected chi connectivity index (χ0v) is 14.1. The van der Waals surface area contributed by atoms with Gasteiger partial charge in [0.15, 0.2) is 0 Å². The van der Waals surface area contributed by atoms with Crippen LogP contribution in [0.4, 0.5) is 0 Å². The van der Waals surface area contributed by atoms with Gasteiger partial charge < -0.3 is 24.0 Å². The van der Waals surface area contributed by atoms with E-state index in [0.29, 0.717) is 16.4 Å². The van der Waals surface area contributed by atoms with Crippen LogP contribution in [0.2, 0.25) is 6.04 Å². The predicted octanol–water partition coefficient (Wildman–Crippen LogP) is 1.95. The summed E-state index contributed by atoms with van der Waals surface area (Å²) < 4.78 is 21.1. The Kier molecular flexibility index (Phi) is 9.67.